The van der Waals surface area contributed by atoms with Crippen LogP contribution in [0.5, 0.6) is 0 Å². The highest BCUT2D eigenvalue weighted by Crippen LogP contribution is 2.60. The summed E-state index contributed by atoms with van der Waals surface area (Å²) < 4.78 is 0. The Labute approximate surface area is 140 Å². The molecular formula is C18H22N4O2. The molecule has 0 aromatic carbocycles. The van der Waals surface area contributed by atoms with E-state index in [1.54, 1.807) is 13.2 Å². The number of carbonyl (C=O) groups excluding carboxylic acids is 1. The summed E-state index contributed by atoms with van der Waals surface area (Å²) in [6.07, 6.45) is 7.41. The van der Waals surface area contributed by atoms with Crippen LogP contribution < -0.4 is 10.6 Å². The SMILES string of the molecule is CNC(=O)c1cnc2[nH]ccc2c1NC1C2C[C@@]3(O)CC2C[C@@H]1C3. The molecule has 2 heterocycles. The molecule has 0 spiro atoms. The molecular weight excluding hydrogens is 304 g/mol. The normalized spacial score (nSPS) is 36.4. The van der Waals surface area contributed by atoms with Crippen molar-refractivity contribution in [3.8, 4) is 0 Å². The van der Waals surface area contributed by atoms with E-state index >= 15 is 0 Å². The predicted molar refractivity (Wildman–Crippen MR) is 90.8 cm³/mol. The molecule has 4 fully saturated rings. The maximum Gasteiger partial charge on any atom is 0.254 e. The van der Waals surface area contributed by atoms with Gasteiger partial charge in [-0.15, -0.1) is 0 Å². The third kappa shape index (κ3) is 1.86. The van der Waals surface area contributed by atoms with Gasteiger partial charge in [-0.3, -0.25) is 4.79 Å². The molecule has 0 radical (unpaired) electrons. The van der Waals surface area contributed by atoms with E-state index in [4.69, 9.17) is 0 Å². The van der Waals surface area contributed by atoms with Gasteiger partial charge < -0.3 is 20.7 Å². The van der Waals surface area contributed by atoms with E-state index in [0.717, 1.165) is 36.0 Å². The Bertz CT molecular complexity index is 828. The molecule has 4 aliphatic rings. The Balaban J connectivity index is 1.55. The summed E-state index contributed by atoms with van der Waals surface area (Å²) in [5.41, 5.74) is 1.81. The Kier molecular flexibility index (Phi) is 2.81. The molecule has 6 rings (SSSR count). The Morgan fingerprint density at radius 3 is 3.00 bits per heavy atom. The highest BCUT2D eigenvalue weighted by atomic mass is 16.3. The fraction of sp³-hybridized carbons (Fsp3) is 0.556. The van der Waals surface area contributed by atoms with Gasteiger partial charge in [0.2, 0.25) is 0 Å². The van der Waals surface area contributed by atoms with E-state index in [2.05, 4.69) is 20.6 Å². The first-order valence-electron chi connectivity index (χ1n) is 8.75. The van der Waals surface area contributed by atoms with E-state index in [1.165, 1.54) is 6.42 Å². The predicted octanol–water partition coefficient (Wildman–Crippen LogP) is 1.88. The fourth-order valence-corrected chi connectivity index (χ4v) is 5.62. The van der Waals surface area contributed by atoms with E-state index in [0.29, 0.717) is 29.4 Å². The van der Waals surface area contributed by atoms with Gasteiger partial charge >= 0.3 is 0 Å². The zero-order valence-electron chi connectivity index (χ0n) is 13.7. The molecule has 0 saturated heterocycles. The van der Waals surface area contributed by atoms with Gasteiger partial charge in [0.25, 0.3) is 5.91 Å². The Hall–Kier alpha value is -2.08. The van der Waals surface area contributed by atoms with Crippen molar-refractivity contribution in [2.75, 3.05) is 12.4 Å². The zero-order valence-corrected chi connectivity index (χ0v) is 13.7. The lowest BCUT2D eigenvalue weighted by Gasteiger charge is -2.39. The van der Waals surface area contributed by atoms with E-state index in [1.807, 2.05) is 12.3 Å². The number of nitrogens with zero attached hydrogens (tertiary/aromatic N) is 1. The number of aliphatic hydroxyl groups is 1. The fourth-order valence-electron chi connectivity index (χ4n) is 5.62. The minimum absolute atomic E-state index is 0.126. The lowest BCUT2D eigenvalue weighted by molar-refractivity contribution is -0.0140. The molecule has 0 aliphatic heterocycles. The van der Waals surface area contributed by atoms with Crippen LogP contribution in [-0.2, 0) is 0 Å². The number of pyridine rings is 1. The zero-order chi connectivity index (χ0) is 16.5. The van der Waals surface area contributed by atoms with Crippen LogP contribution in [0.15, 0.2) is 18.5 Å². The average molecular weight is 326 g/mol. The van der Waals surface area contributed by atoms with Gasteiger partial charge in [-0.05, 0) is 49.5 Å². The largest absolute Gasteiger partial charge is 0.390 e. The number of H-pyrrole nitrogens is 1. The summed E-state index contributed by atoms with van der Waals surface area (Å²) in [6, 6.07) is 2.30. The molecule has 4 saturated carbocycles. The highest BCUT2D eigenvalue weighted by Gasteiger charge is 2.60. The van der Waals surface area contributed by atoms with Crippen LogP contribution in [0.2, 0.25) is 0 Å². The molecule has 24 heavy (non-hydrogen) atoms. The van der Waals surface area contributed by atoms with E-state index in [-0.39, 0.29) is 5.91 Å². The first-order valence-corrected chi connectivity index (χ1v) is 8.75. The number of amides is 1. The van der Waals surface area contributed by atoms with Crippen molar-refractivity contribution in [1.29, 1.82) is 0 Å². The van der Waals surface area contributed by atoms with Crippen LogP contribution >= 0.6 is 0 Å². The van der Waals surface area contributed by atoms with Gasteiger partial charge in [0.1, 0.15) is 5.65 Å². The van der Waals surface area contributed by atoms with Crippen LogP contribution in [0.25, 0.3) is 11.0 Å². The van der Waals surface area contributed by atoms with Crippen LogP contribution in [0, 0.1) is 17.8 Å². The first kappa shape index (κ1) is 14.3. The number of hydrogen-bond donors (Lipinski definition) is 4. The van der Waals surface area contributed by atoms with Gasteiger partial charge in [-0.2, -0.15) is 0 Å². The topological polar surface area (TPSA) is 90.0 Å². The number of anilines is 1. The van der Waals surface area contributed by atoms with Crippen LogP contribution in [0.3, 0.4) is 0 Å². The van der Waals surface area contributed by atoms with Gasteiger partial charge in [0.15, 0.2) is 0 Å². The highest BCUT2D eigenvalue weighted by molar-refractivity contribution is 6.06. The monoisotopic (exact) mass is 326 g/mol. The number of hydrogen-bond acceptors (Lipinski definition) is 4. The van der Waals surface area contributed by atoms with Crippen molar-refractivity contribution in [3.63, 3.8) is 0 Å². The van der Waals surface area contributed by atoms with Gasteiger partial charge in [-0.1, -0.05) is 0 Å². The minimum atomic E-state index is -0.429. The van der Waals surface area contributed by atoms with Crippen molar-refractivity contribution in [2.24, 2.45) is 17.8 Å². The first-order chi connectivity index (χ1) is 11.6. The average Bonchev–Trinajstić information content (AvgIpc) is 3.19. The quantitative estimate of drug-likeness (QED) is 0.693. The van der Waals surface area contributed by atoms with Crippen molar-refractivity contribution in [3.05, 3.63) is 24.0 Å². The maximum absolute atomic E-state index is 12.3. The van der Waals surface area contributed by atoms with Gasteiger partial charge in [0.05, 0.1) is 16.9 Å². The van der Waals surface area contributed by atoms with Crippen molar-refractivity contribution < 1.29 is 9.90 Å². The lowest BCUT2D eigenvalue weighted by Crippen LogP contribution is -2.43. The molecule has 126 valence electrons. The van der Waals surface area contributed by atoms with E-state index in [9.17, 15) is 9.90 Å². The standard InChI is InChI=1S/C18H22N4O2/c1-19-17(23)13-8-21-16-11(2-3-20-16)15(13)22-14-10-4-9-5-18(24,6-10)7-12(9)14/h2-3,8-10,12,14,24H,4-7H2,1H3,(H,19,23)(H2,20,21,22)/t9?,10-,12?,14?,18-/m1/s1. The Morgan fingerprint density at radius 1 is 1.38 bits per heavy atom. The van der Waals surface area contributed by atoms with Crippen molar-refractivity contribution >= 4 is 22.6 Å². The van der Waals surface area contributed by atoms with Gasteiger partial charge in [-0.25, -0.2) is 4.98 Å². The summed E-state index contributed by atoms with van der Waals surface area (Å²) >= 11 is 0. The summed E-state index contributed by atoms with van der Waals surface area (Å²) in [6.45, 7) is 0. The molecule has 4 bridgehead atoms. The van der Waals surface area contributed by atoms with Crippen molar-refractivity contribution in [1.82, 2.24) is 15.3 Å². The second kappa shape index (κ2) is 4.72. The van der Waals surface area contributed by atoms with E-state index < -0.39 is 5.60 Å². The molecule has 5 atom stereocenters. The minimum Gasteiger partial charge on any atom is -0.390 e. The third-order valence-corrected chi connectivity index (χ3v) is 6.45. The molecule has 4 aliphatic carbocycles. The number of aromatic nitrogens is 2. The molecule has 2 aromatic rings. The van der Waals surface area contributed by atoms with Crippen LogP contribution in [0.4, 0.5) is 5.69 Å². The van der Waals surface area contributed by atoms with Crippen molar-refractivity contribution in [2.45, 2.75) is 37.3 Å². The summed E-state index contributed by atoms with van der Waals surface area (Å²) in [7, 11) is 1.64. The second-order valence-corrected chi connectivity index (χ2v) is 7.79. The van der Waals surface area contributed by atoms with Crippen LogP contribution in [0.1, 0.15) is 36.0 Å². The number of rotatable bonds is 3. The third-order valence-electron chi connectivity index (χ3n) is 6.45. The maximum atomic E-state index is 12.3. The summed E-state index contributed by atoms with van der Waals surface area (Å²) in [5, 5.41) is 18.0. The number of aromatic amines is 1. The second-order valence-electron chi connectivity index (χ2n) is 7.79. The summed E-state index contributed by atoms with van der Waals surface area (Å²) in [5.74, 6) is 1.50. The molecule has 6 heteroatoms. The number of carbonyl (C=O) groups is 1. The summed E-state index contributed by atoms with van der Waals surface area (Å²) in [4.78, 5) is 19.8. The molecule has 1 amide bonds. The molecule has 4 N–H and O–H groups in total. The smallest absolute Gasteiger partial charge is 0.254 e. The molecule has 2 aromatic heterocycles. The molecule has 6 nitrogen and oxygen atoms in total. The van der Waals surface area contributed by atoms with Crippen LogP contribution in [-0.4, -0.2) is 39.7 Å². The number of nitrogens with one attached hydrogen (secondary N) is 3. The Morgan fingerprint density at radius 2 is 2.21 bits per heavy atom. The number of fused-ring (bicyclic) bond motifs is 1. The van der Waals surface area contributed by atoms with Gasteiger partial charge in [0, 0.05) is 30.9 Å². The molecule has 3 unspecified atom stereocenters. The lowest BCUT2D eigenvalue weighted by atomic mass is 9.76.